The number of anilines is 2. The monoisotopic (exact) mass is 561 g/mol. The van der Waals surface area contributed by atoms with Crippen molar-refractivity contribution in [2.24, 2.45) is 0 Å². The second kappa shape index (κ2) is 10.2. The lowest BCUT2D eigenvalue weighted by Gasteiger charge is -2.33. The lowest BCUT2D eigenvalue weighted by molar-refractivity contribution is -0.138. The summed E-state index contributed by atoms with van der Waals surface area (Å²) in [5.41, 5.74) is 2.66. The minimum absolute atomic E-state index is 0.178. The van der Waals surface area contributed by atoms with Crippen LogP contribution in [-0.4, -0.2) is 42.0 Å². The molecule has 4 aromatic carbocycles. The van der Waals surface area contributed by atoms with Crippen molar-refractivity contribution in [2.45, 2.75) is 43.7 Å². The highest BCUT2D eigenvalue weighted by Crippen LogP contribution is 2.56. The van der Waals surface area contributed by atoms with Crippen molar-refractivity contribution in [2.75, 3.05) is 17.2 Å². The van der Waals surface area contributed by atoms with E-state index in [1.165, 1.54) is 0 Å². The van der Waals surface area contributed by atoms with Crippen LogP contribution in [0.4, 0.5) is 11.4 Å². The molecule has 2 amide bonds. The van der Waals surface area contributed by atoms with Gasteiger partial charge in [-0.1, -0.05) is 60.7 Å². The Kier molecular flexibility index (Phi) is 6.44. The number of nitrogens with one attached hydrogen (secondary N) is 2. The average Bonchev–Trinajstić information content (AvgIpc) is 3.67. The SMILES string of the molecule is C[C@]1(c2cccc(NC(=O)c3ccccc3)c2)O[C@@H]2CO[C@H]3N2[C@@H]1O[C@]3(C)c1cccc(NC(=O)c2ccccc2)c1. The Labute approximate surface area is 244 Å². The third kappa shape index (κ3) is 4.40. The third-order valence-corrected chi connectivity index (χ3v) is 8.41. The van der Waals surface area contributed by atoms with Crippen LogP contribution in [0.25, 0.3) is 0 Å². The maximum absolute atomic E-state index is 12.8. The Morgan fingerprint density at radius 2 is 1.17 bits per heavy atom. The zero-order valence-corrected chi connectivity index (χ0v) is 23.3. The fourth-order valence-corrected chi connectivity index (χ4v) is 6.22. The van der Waals surface area contributed by atoms with Gasteiger partial charge < -0.3 is 24.8 Å². The van der Waals surface area contributed by atoms with E-state index >= 15 is 0 Å². The molecule has 3 fully saturated rings. The van der Waals surface area contributed by atoms with Crippen molar-refractivity contribution >= 4 is 23.2 Å². The number of carbonyl (C=O) groups excluding carboxylic acids is 2. The molecule has 2 N–H and O–H groups in total. The van der Waals surface area contributed by atoms with E-state index in [9.17, 15) is 9.59 Å². The highest BCUT2D eigenvalue weighted by atomic mass is 16.7. The molecule has 4 aromatic rings. The number of rotatable bonds is 6. The predicted octanol–water partition coefficient (Wildman–Crippen LogP) is 5.69. The molecule has 5 atom stereocenters. The fraction of sp³-hybridized carbons (Fsp3) is 0.235. The van der Waals surface area contributed by atoms with Gasteiger partial charge in [-0.3, -0.25) is 9.59 Å². The van der Waals surface area contributed by atoms with E-state index in [1.54, 1.807) is 24.3 Å². The number of hydrogen-bond donors (Lipinski definition) is 2. The molecule has 0 unspecified atom stereocenters. The van der Waals surface area contributed by atoms with Crippen molar-refractivity contribution in [1.82, 2.24) is 4.90 Å². The van der Waals surface area contributed by atoms with E-state index in [1.807, 2.05) is 98.8 Å². The fourth-order valence-electron chi connectivity index (χ4n) is 6.22. The van der Waals surface area contributed by atoms with Crippen LogP contribution in [0.15, 0.2) is 109 Å². The summed E-state index contributed by atoms with van der Waals surface area (Å²) in [6.45, 7) is 4.45. The molecule has 0 spiro atoms. The molecule has 3 heterocycles. The molecule has 7 rings (SSSR count). The molecule has 3 aliphatic heterocycles. The van der Waals surface area contributed by atoms with Crippen LogP contribution in [-0.2, 0) is 25.4 Å². The average molecular weight is 562 g/mol. The smallest absolute Gasteiger partial charge is 0.255 e. The lowest BCUT2D eigenvalue weighted by atomic mass is 9.93. The van der Waals surface area contributed by atoms with Gasteiger partial charge in [-0.2, -0.15) is 0 Å². The van der Waals surface area contributed by atoms with Gasteiger partial charge in [0, 0.05) is 22.5 Å². The first-order chi connectivity index (χ1) is 20.3. The summed E-state index contributed by atoms with van der Waals surface area (Å²) in [6, 6.07) is 33.7. The summed E-state index contributed by atoms with van der Waals surface area (Å²) in [5.74, 6) is -0.355. The Balaban J connectivity index is 1.15. The maximum atomic E-state index is 12.8. The van der Waals surface area contributed by atoms with E-state index in [2.05, 4.69) is 15.5 Å². The van der Waals surface area contributed by atoms with Gasteiger partial charge in [-0.25, -0.2) is 4.90 Å². The Morgan fingerprint density at radius 3 is 1.69 bits per heavy atom. The van der Waals surface area contributed by atoms with E-state index in [0.29, 0.717) is 29.1 Å². The van der Waals surface area contributed by atoms with Gasteiger partial charge >= 0.3 is 0 Å². The van der Waals surface area contributed by atoms with Gasteiger partial charge in [0.05, 0.1) is 6.61 Å². The van der Waals surface area contributed by atoms with Crippen molar-refractivity contribution in [3.05, 3.63) is 131 Å². The van der Waals surface area contributed by atoms with E-state index in [-0.39, 0.29) is 24.3 Å². The van der Waals surface area contributed by atoms with Gasteiger partial charge in [0.25, 0.3) is 11.8 Å². The van der Waals surface area contributed by atoms with Gasteiger partial charge in [0.2, 0.25) is 0 Å². The zero-order chi connectivity index (χ0) is 28.9. The highest BCUT2D eigenvalue weighted by molar-refractivity contribution is 6.04. The van der Waals surface area contributed by atoms with Crippen molar-refractivity contribution in [3.63, 3.8) is 0 Å². The first kappa shape index (κ1) is 26.6. The van der Waals surface area contributed by atoms with Crippen LogP contribution in [0.2, 0.25) is 0 Å². The van der Waals surface area contributed by atoms with Gasteiger partial charge in [-0.05, 0) is 73.5 Å². The summed E-state index contributed by atoms with van der Waals surface area (Å²) >= 11 is 0. The van der Waals surface area contributed by atoms with E-state index in [0.717, 1.165) is 11.1 Å². The van der Waals surface area contributed by atoms with Crippen molar-refractivity contribution in [3.8, 4) is 0 Å². The largest absolute Gasteiger partial charge is 0.355 e. The van der Waals surface area contributed by atoms with Crippen molar-refractivity contribution in [1.29, 1.82) is 0 Å². The summed E-state index contributed by atoms with van der Waals surface area (Å²) in [6.07, 6.45) is -1.10. The lowest BCUT2D eigenvalue weighted by Crippen LogP contribution is -2.40. The third-order valence-electron chi connectivity index (χ3n) is 8.41. The number of benzene rings is 4. The Hall–Kier alpha value is -4.34. The Bertz CT molecular complexity index is 1550. The molecule has 42 heavy (non-hydrogen) atoms. The zero-order valence-electron chi connectivity index (χ0n) is 23.3. The standard InChI is InChI=1S/C34H31N3O5/c1-33(24-15-9-17-26(19-24)35-29(38)22-11-5-3-6-12-22)31-37-28(21-40-31)41-34(2,32(37)42-33)25-16-10-18-27(20-25)36-30(39)23-13-7-4-8-14-23/h3-20,28,31-32H,21H2,1-2H3,(H,35,38)(H,36,39)/t28-,31-,32-,33-,34-/m1/s1. The van der Waals surface area contributed by atoms with E-state index < -0.39 is 17.4 Å². The molecule has 0 bridgehead atoms. The molecule has 0 aromatic heterocycles. The van der Waals surface area contributed by atoms with Crippen LogP contribution in [0.5, 0.6) is 0 Å². The number of nitrogens with zero attached hydrogens (tertiary/aromatic N) is 1. The van der Waals surface area contributed by atoms with Gasteiger partial charge in [-0.15, -0.1) is 0 Å². The van der Waals surface area contributed by atoms with Crippen LogP contribution in [0, 0.1) is 0 Å². The molecule has 0 radical (unpaired) electrons. The number of carbonyl (C=O) groups is 2. The van der Waals surface area contributed by atoms with Crippen LogP contribution in [0.1, 0.15) is 45.7 Å². The van der Waals surface area contributed by atoms with Crippen molar-refractivity contribution < 1.29 is 23.8 Å². The minimum atomic E-state index is -0.822. The van der Waals surface area contributed by atoms with Gasteiger partial charge in [0.1, 0.15) is 29.9 Å². The molecule has 8 heteroatoms. The topological polar surface area (TPSA) is 89.1 Å². The Morgan fingerprint density at radius 1 is 0.667 bits per heavy atom. The quantitative estimate of drug-likeness (QED) is 0.314. The van der Waals surface area contributed by atoms with E-state index in [4.69, 9.17) is 14.2 Å². The van der Waals surface area contributed by atoms with Crippen LogP contribution >= 0.6 is 0 Å². The minimum Gasteiger partial charge on any atom is -0.355 e. The molecule has 3 saturated heterocycles. The summed E-state index contributed by atoms with van der Waals surface area (Å²) in [7, 11) is 0. The number of ether oxygens (including phenoxy) is 3. The second-order valence-electron chi connectivity index (χ2n) is 11.2. The molecule has 212 valence electrons. The second-order valence-corrected chi connectivity index (χ2v) is 11.2. The summed E-state index contributed by atoms with van der Waals surface area (Å²) in [5, 5.41) is 6.00. The molecule has 0 saturated carbocycles. The summed E-state index contributed by atoms with van der Waals surface area (Å²) in [4.78, 5) is 27.8. The maximum Gasteiger partial charge on any atom is 0.255 e. The molecular weight excluding hydrogens is 530 g/mol. The molecular formula is C34H31N3O5. The number of hydrogen-bond acceptors (Lipinski definition) is 6. The first-order valence-corrected chi connectivity index (χ1v) is 14.0. The normalized spacial score (nSPS) is 27.9. The van der Waals surface area contributed by atoms with Crippen LogP contribution < -0.4 is 10.6 Å². The molecule has 8 nitrogen and oxygen atoms in total. The van der Waals surface area contributed by atoms with Crippen LogP contribution in [0.3, 0.4) is 0 Å². The molecule has 0 aliphatic carbocycles. The first-order valence-electron chi connectivity index (χ1n) is 14.0. The predicted molar refractivity (Wildman–Crippen MR) is 158 cm³/mol. The molecule has 3 aliphatic rings. The van der Waals surface area contributed by atoms with Gasteiger partial charge in [0.15, 0.2) is 0 Å². The summed E-state index contributed by atoms with van der Waals surface area (Å²) < 4.78 is 19.7. The highest BCUT2D eigenvalue weighted by Gasteiger charge is 2.68. The number of amides is 2.